The highest BCUT2D eigenvalue weighted by atomic mass is 32.1. The van der Waals surface area contributed by atoms with E-state index in [1.165, 1.54) is 59.3 Å². The summed E-state index contributed by atoms with van der Waals surface area (Å²) in [6, 6.07) is 41.7. The van der Waals surface area contributed by atoms with Crippen LogP contribution >= 0.6 is 11.3 Å². The van der Waals surface area contributed by atoms with Crippen LogP contribution in [-0.4, -0.2) is 0 Å². The third-order valence-corrected chi connectivity index (χ3v) is 8.21. The number of rotatable bonds is 2. The fraction of sp³-hybridized carbons (Fsp3) is 0. The quantitative estimate of drug-likeness (QED) is 0.226. The molecule has 2 heterocycles. The van der Waals surface area contributed by atoms with Gasteiger partial charge in [0.2, 0.25) is 0 Å². The highest BCUT2D eigenvalue weighted by Gasteiger charge is 2.17. The molecule has 2 aromatic heterocycles. The Morgan fingerprint density at radius 2 is 1.06 bits per heavy atom. The topological polar surface area (TPSA) is 13.1 Å². The van der Waals surface area contributed by atoms with Gasteiger partial charge in [0.15, 0.2) is 0 Å². The molecular formula is C34H20OS. The summed E-state index contributed by atoms with van der Waals surface area (Å²) >= 11 is 1.75. The van der Waals surface area contributed by atoms with Gasteiger partial charge in [0.05, 0.1) is 0 Å². The lowest BCUT2D eigenvalue weighted by atomic mass is 9.86. The van der Waals surface area contributed by atoms with Crippen LogP contribution in [-0.2, 0) is 0 Å². The predicted octanol–water partition coefficient (Wildman–Crippen LogP) is 10.4. The van der Waals surface area contributed by atoms with Crippen LogP contribution in [0.4, 0.5) is 0 Å². The summed E-state index contributed by atoms with van der Waals surface area (Å²) in [6.45, 7) is 0. The summed E-state index contributed by atoms with van der Waals surface area (Å²) in [6.07, 6.45) is 0. The van der Waals surface area contributed by atoms with Gasteiger partial charge in [-0.25, -0.2) is 0 Å². The van der Waals surface area contributed by atoms with E-state index in [2.05, 4.69) is 121 Å². The van der Waals surface area contributed by atoms with Crippen LogP contribution in [0.3, 0.4) is 0 Å². The van der Waals surface area contributed by atoms with Crippen LogP contribution in [0.2, 0.25) is 0 Å². The van der Waals surface area contributed by atoms with E-state index < -0.39 is 0 Å². The normalized spacial score (nSPS) is 11.9. The van der Waals surface area contributed by atoms with E-state index in [-0.39, 0.29) is 0 Å². The molecule has 0 fully saturated rings. The molecule has 0 spiro atoms. The molecule has 6 aromatic carbocycles. The van der Waals surface area contributed by atoms with E-state index in [9.17, 15) is 0 Å². The highest BCUT2D eigenvalue weighted by molar-refractivity contribution is 7.17. The zero-order valence-corrected chi connectivity index (χ0v) is 20.2. The molecule has 0 radical (unpaired) electrons. The first-order valence-electron chi connectivity index (χ1n) is 12.2. The predicted molar refractivity (Wildman–Crippen MR) is 155 cm³/mol. The molecule has 0 aliphatic heterocycles. The molecule has 2 heteroatoms. The van der Waals surface area contributed by atoms with E-state index in [1.807, 2.05) is 0 Å². The molecule has 8 rings (SSSR count). The molecule has 0 atom stereocenters. The molecule has 8 aromatic rings. The van der Waals surface area contributed by atoms with Crippen molar-refractivity contribution >= 4 is 64.9 Å². The Morgan fingerprint density at radius 1 is 0.444 bits per heavy atom. The zero-order chi connectivity index (χ0) is 23.6. The number of furan rings is 1. The Kier molecular flexibility index (Phi) is 4.16. The van der Waals surface area contributed by atoms with E-state index in [0.717, 1.165) is 16.6 Å². The van der Waals surface area contributed by atoms with Crippen molar-refractivity contribution in [3.63, 3.8) is 0 Å². The lowest BCUT2D eigenvalue weighted by molar-refractivity contribution is 0.669. The van der Waals surface area contributed by atoms with Crippen LogP contribution in [0.1, 0.15) is 0 Å². The van der Waals surface area contributed by atoms with Crippen LogP contribution in [0, 0.1) is 0 Å². The minimum absolute atomic E-state index is 0.931. The first kappa shape index (κ1) is 19.9. The average Bonchev–Trinajstić information content (AvgIpc) is 3.54. The Balaban J connectivity index is 1.49. The van der Waals surface area contributed by atoms with Crippen molar-refractivity contribution in [1.29, 1.82) is 0 Å². The highest BCUT2D eigenvalue weighted by Crippen LogP contribution is 2.44. The molecule has 0 saturated carbocycles. The van der Waals surface area contributed by atoms with Crippen molar-refractivity contribution in [2.24, 2.45) is 0 Å². The van der Waals surface area contributed by atoms with Gasteiger partial charge in [-0.15, -0.1) is 11.3 Å². The Morgan fingerprint density at radius 3 is 1.75 bits per heavy atom. The molecule has 168 valence electrons. The van der Waals surface area contributed by atoms with Crippen molar-refractivity contribution in [3.05, 3.63) is 121 Å². The maximum absolute atomic E-state index is 6.28. The van der Waals surface area contributed by atoms with Gasteiger partial charge in [-0.1, -0.05) is 84.9 Å². The van der Waals surface area contributed by atoms with E-state index in [0.29, 0.717) is 0 Å². The van der Waals surface area contributed by atoms with Gasteiger partial charge in [-0.3, -0.25) is 0 Å². The fourth-order valence-electron chi connectivity index (χ4n) is 5.74. The maximum Gasteiger partial charge on any atom is 0.136 e. The van der Waals surface area contributed by atoms with Gasteiger partial charge in [0, 0.05) is 15.5 Å². The smallest absolute Gasteiger partial charge is 0.136 e. The second-order valence-electron chi connectivity index (χ2n) is 9.33. The monoisotopic (exact) mass is 476 g/mol. The lowest BCUT2D eigenvalue weighted by Gasteiger charge is -2.17. The van der Waals surface area contributed by atoms with Gasteiger partial charge in [-0.2, -0.15) is 0 Å². The average molecular weight is 477 g/mol. The zero-order valence-electron chi connectivity index (χ0n) is 19.4. The molecule has 0 aliphatic rings. The van der Waals surface area contributed by atoms with Gasteiger partial charge < -0.3 is 4.42 Å². The van der Waals surface area contributed by atoms with Crippen molar-refractivity contribution in [3.8, 4) is 22.3 Å². The SMILES string of the molecule is c1ccc(-c2c3ccccc3c(-c3ccc4oc5cc6sccc6cc5c4c3)c3ccccc23)cc1. The lowest BCUT2D eigenvalue weighted by Crippen LogP contribution is -1.90. The number of benzene rings is 6. The summed E-state index contributed by atoms with van der Waals surface area (Å²) < 4.78 is 7.54. The summed E-state index contributed by atoms with van der Waals surface area (Å²) in [4.78, 5) is 0. The summed E-state index contributed by atoms with van der Waals surface area (Å²) in [5.74, 6) is 0. The summed E-state index contributed by atoms with van der Waals surface area (Å²) in [5, 5.41) is 10.8. The summed E-state index contributed by atoms with van der Waals surface area (Å²) in [5.41, 5.74) is 6.90. The van der Waals surface area contributed by atoms with Gasteiger partial charge in [0.1, 0.15) is 11.2 Å². The number of thiophene rings is 1. The molecule has 0 saturated heterocycles. The van der Waals surface area contributed by atoms with Gasteiger partial charge >= 0.3 is 0 Å². The van der Waals surface area contributed by atoms with Gasteiger partial charge in [-0.05, 0) is 84.9 Å². The van der Waals surface area contributed by atoms with Crippen molar-refractivity contribution in [2.45, 2.75) is 0 Å². The first-order valence-corrected chi connectivity index (χ1v) is 13.1. The van der Waals surface area contributed by atoms with E-state index >= 15 is 0 Å². The molecule has 36 heavy (non-hydrogen) atoms. The van der Waals surface area contributed by atoms with E-state index in [4.69, 9.17) is 4.42 Å². The summed E-state index contributed by atoms with van der Waals surface area (Å²) in [7, 11) is 0. The van der Waals surface area contributed by atoms with Crippen molar-refractivity contribution in [2.75, 3.05) is 0 Å². The standard InChI is InChI=1S/C34H20OS/c1-2-8-21(9-3-1)33-24-10-4-6-12-26(24)34(27-13-7-5-11-25(27)33)23-14-15-30-28(19-23)29-18-22-16-17-36-32(22)20-31(29)35-30/h1-20H. The third-order valence-electron chi connectivity index (χ3n) is 7.33. The van der Waals surface area contributed by atoms with Crippen LogP contribution in [0.25, 0.3) is 75.8 Å². The molecular weight excluding hydrogens is 456 g/mol. The maximum atomic E-state index is 6.28. The Labute approximate surface area is 211 Å². The first-order chi connectivity index (χ1) is 17.8. The minimum Gasteiger partial charge on any atom is -0.456 e. The Hall–Kier alpha value is -4.40. The second kappa shape index (κ2) is 7.55. The van der Waals surface area contributed by atoms with Crippen molar-refractivity contribution < 1.29 is 4.42 Å². The second-order valence-corrected chi connectivity index (χ2v) is 10.3. The van der Waals surface area contributed by atoms with Crippen LogP contribution < -0.4 is 0 Å². The molecule has 0 aliphatic carbocycles. The Bertz CT molecular complexity index is 2040. The van der Waals surface area contributed by atoms with Crippen molar-refractivity contribution in [1.82, 2.24) is 0 Å². The molecule has 1 nitrogen and oxygen atoms in total. The van der Waals surface area contributed by atoms with Crippen LogP contribution in [0.15, 0.2) is 125 Å². The fourth-order valence-corrected chi connectivity index (χ4v) is 6.54. The molecule has 0 N–H and O–H groups in total. The largest absolute Gasteiger partial charge is 0.456 e. The molecule has 0 amide bonds. The van der Waals surface area contributed by atoms with E-state index in [1.54, 1.807) is 11.3 Å². The number of fused-ring (bicyclic) bond motifs is 6. The molecule has 0 unspecified atom stereocenters. The van der Waals surface area contributed by atoms with Gasteiger partial charge in [0.25, 0.3) is 0 Å². The van der Waals surface area contributed by atoms with Crippen LogP contribution in [0.5, 0.6) is 0 Å². The number of hydrogen-bond donors (Lipinski definition) is 0. The number of hydrogen-bond acceptors (Lipinski definition) is 2. The minimum atomic E-state index is 0.931. The molecule has 0 bridgehead atoms. The third kappa shape index (κ3) is 2.82.